The quantitative estimate of drug-likeness (QED) is 0.823. The zero-order valence-electron chi connectivity index (χ0n) is 10.7. The second kappa shape index (κ2) is 6.52. The van der Waals surface area contributed by atoms with Gasteiger partial charge in [-0.15, -0.1) is 0 Å². The first-order valence-electron chi connectivity index (χ1n) is 6.38. The molecule has 0 saturated carbocycles. The van der Waals surface area contributed by atoms with Gasteiger partial charge >= 0.3 is 0 Å². The van der Waals surface area contributed by atoms with Crippen molar-refractivity contribution in [3.63, 3.8) is 0 Å². The molecule has 1 unspecified atom stereocenters. The van der Waals surface area contributed by atoms with E-state index in [1.807, 2.05) is 12.1 Å². The number of benzene rings is 1. The highest BCUT2D eigenvalue weighted by Gasteiger charge is 2.21. The molecule has 4 heteroatoms. The molecule has 98 valence electrons. The van der Waals surface area contributed by atoms with Crippen molar-refractivity contribution in [1.29, 1.82) is 0 Å². The molecule has 2 N–H and O–H groups in total. The molecule has 18 heavy (non-hydrogen) atoms. The maximum absolute atomic E-state index is 11.6. The average Bonchev–Trinajstić information content (AvgIpc) is 2.40. The molecule has 1 saturated heterocycles. The van der Waals surface area contributed by atoms with Crippen LogP contribution in [0.5, 0.6) is 0 Å². The van der Waals surface area contributed by atoms with E-state index in [-0.39, 0.29) is 11.9 Å². The van der Waals surface area contributed by atoms with E-state index in [1.54, 1.807) is 7.11 Å². The molecule has 1 fully saturated rings. The monoisotopic (exact) mass is 248 g/mol. The lowest BCUT2D eigenvalue weighted by Crippen LogP contribution is -2.48. The van der Waals surface area contributed by atoms with Crippen LogP contribution in [0.25, 0.3) is 0 Å². The van der Waals surface area contributed by atoms with Gasteiger partial charge in [0.2, 0.25) is 5.91 Å². The van der Waals surface area contributed by atoms with Gasteiger partial charge < -0.3 is 15.4 Å². The van der Waals surface area contributed by atoms with E-state index in [0.29, 0.717) is 13.2 Å². The fraction of sp³-hybridized carbons (Fsp3) is 0.500. The first-order valence-corrected chi connectivity index (χ1v) is 6.38. The summed E-state index contributed by atoms with van der Waals surface area (Å²) in [7, 11) is 1.69. The lowest BCUT2D eigenvalue weighted by Gasteiger charge is -2.23. The van der Waals surface area contributed by atoms with Gasteiger partial charge in [-0.2, -0.15) is 0 Å². The molecule has 1 atom stereocenters. The van der Waals surface area contributed by atoms with Gasteiger partial charge in [-0.25, -0.2) is 0 Å². The molecule has 1 aliphatic rings. The average molecular weight is 248 g/mol. The molecule has 4 nitrogen and oxygen atoms in total. The van der Waals surface area contributed by atoms with Crippen LogP contribution in [0.2, 0.25) is 0 Å². The first kappa shape index (κ1) is 13.1. The van der Waals surface area contributed by atoms with E-state index in [0.717, 1.165) is 19.4 Å². The number of amides is 1. The van der Waals surface area contributed by atoms with E-state index in [1.165, 1.54) is 11.1 Å². The van der Waals surface area contributed by atoms with Crippen molar-refractivity contribution < 1.29 is 9.53 Å². The lowest BCUT2D eigenvalue weighted by atomic mass is 10.0. The topological polar surface area (TPSA) is 50.4 Å². The molecule has 1 aromatic rings. The van der Waals surface area contributed by atoms with Crippen molar-refractivity contribution in [3.05, 3.63) is 35.4 Å². The third kappa shape index (κ3) is 3.31. The number of hydrogen-bond acceptors (Lipinski definition) is 3. The zero-order valence-corrected chi connectivity index (χ0v) is 10.7. The summed E-state index contributed by atoms with van der Waals surface area (Å²) in [4.78, 5) is 11.6. The van der Waals surface area contributed by atoms with Crippen LogP contribution in [0, 0.1) is 0 Å². The molecule has 0 bridgehead atoms. The predicted molar refractivity (Wildman–Crippen MR) is 70.0 cm³/mol. The lowest BCUT2D eigenvalue weighted by molar-refractivity contribution is -0.124. The minimum atomic E-state index is -0.0608. The summed E-state index contributed by atoms with van der Waals surface area (Å²) in [6.07, 6.45) is 1.96. The number of carbonyl (C=O) groups excluding carboxylic acids is 1. The third-order valence-electron chi connectivity index (χ3n) is 3.24. The van der Waals surface area contributed by atoms with E-state index < -0.39 is 0 Å². The smallest absolute Gasteiger partial charge is 0.237 e. The van der Waals surface area contributed by atoms with E-state index in [9.17, 15) is 4.79 Å². The van der Waals surface area contributed by atoms with Gasteiger partial charge in [0.1, 0.15) is 0 Å². The summed E-state index contributed by atoms with van der Waals surface area (Å²) in [6.45, 7) is 2.11. The summed E-state index contributed by atoms with van der Waals surface area (Å²) in [5, 5.41) is 6.20. The number of rotatable bonds is 5. The van der Waals surface area contributed by atoms with Gasteiger partial charge in [0, 0.05) is 20.2 Å². The third-order valence-corrected chi connectivity index (χ3v) is 3.24. The highest BCUT2D eigenvalue weighted by molar-refractivity contribution is 5.82. The van der Waals surface area contributed by atoms with Gasteiger partial charge in [0.15, 0.2) is 0 Å². The van der Waals surface area contributed by atoms with Gasteiger partial charge in [-0.05, 0) is 24.0 Å². The number of methoxy groups -OCH3 is 1. The Kier molecular flexibility index (Phi) is 4.73. The molecule has 0 radical (unpaired) electrons. The van der Waals surface area contributed by atoms with Crippen LogP contribution >= 0.6 is 0 Å². The Morgan fingerprint density at radius 3 is 2.89 bits per heavy atom. The summed E-state index contributed by atoms with van der Waals surface area (Å²) in [6, 6.07) is 8.08. The summed E-state index contributed by atoms with van der Waals surface area (Å²) < 4.78 is 5.17. The van der Waals surface area contributed by atoms with Crippen molar-refractivity contribution in [3.8, 4) is 0 Å². The largest absolute Gasteiger partial charge is 0.380 e. The molecule has 1 aromatic carbocycles. The molecular formula is C14H20N2O2. The number of ether oxygens (including phenoxy) is 1. The second-order valence-corrected chi connectivity index (χ2v) is 4.57. The minimum Gasteiger partial charge on any atom is -0.380 e. The normalized spacial score (nSPS) is 19.6. The zero-order chi connectivity index (χ0) is 12.8. The Morgan fingerprint density at radius 1 is 1.39 bits per heavy atom. The van der Waals surface area contributed by atoms with Crippen molar-refractivity contribution in [1.82, 2.24) is 10.6 Å². The van der Waals surface area contributed by atoms with Crippen LogP contribution in [0.15, 0.2) is 24.3 Å². The van der Waals surface area contributed by atoms with Crippen LogP contribution in [0.4, 0.5) is 0 Å². The summed E-state index contributed by atoms with van der Waals surface area (Å²) >= 11 is 0. The highest BCUT2D eigenvalue weighted by Crippen LogP contribution is 2.11. The minimum absolute atomic E-state index is 0.0608. The van der Waals surface area contributed by atoms with Gasteiger partial charge in [0.25, 0.3) is 0 Å². The number of nitrogens with one attached hydrogen (secondary N) is 2. The molecule has 0 aliphatic carbocycles. The van der Waals surface area contributed by atoms with Crippen LogP contribution < -0.4 is 10.6 Å². The van der Waals surface area contributed by atoms with Crippen LogP contribution in [0.1, 0.15) is 24.0 Å². The van der Waals surface area contributed by atoms with Crippen molar-refractivity contribution in [2.75, 3.05) is 13.7 Å². The van der Waals surface area contributed by atoms with E-state index >= 15 is 0 Å². The van der Waals surface area contributed by atoms with Crippen LogP contribution in [-0.2, 0) is 22.7 Å². The molecule has 1 amide bonds. The van der Waals surface area contributed by atoms with Gasteiger partial charge in [-0.3, -0.25) is 4.79 Å². The maximum Gasteiger partial charge on any atom is 0.237 e. The number of piperidine rings is 1. The molecule has 1 heterocycles. The van der Waals surface area contributed by atoms with E-state index in [2.05, 4.69) is 22.8 Å². The molecular weight excluding hydrogens is 228 g/mol. The first-order chi connectivity index (χ1) is 8.81. The van der Waals surface area contributed by atoms with Crippen molar-refractivity contribution >= 4 is 5.91 Å². The standard InChI is InChI=1S/C14H20N2O2/c1-18-10-12-6-3-2-5-11(12)9-16-13-7-4-8-15-14(13)17/h2-3,5-6,13,16H,4,7-10H2,1H3,(H,15,17). The Morgan fingerprint density at radius 2 is 2.17 bits per heavy atom. The Bertz CT molecular complexity index is 407. The number of carbonyl (C=O) groups is 1. The fourth-order valence-electron chi connectivity index (χ4n) is 2.23. The number of hydrogen-bond donors (Lipinski definition) is 2. The molecule has 0 spiro atoms. The Hall–Kier alpha value is -1.39. The van der Waals surface area contributed by atoms with Crippen molar-refractivity contribution in [2.45, 2.75) is 32.0 Å². The van der Waals surface area contributed by atoms with E-state index in [4.69, 9.17) is 4.74 Å². The van der Waals surface area contributed by atoms with Crippen molar-refractivity contribution in [2.24, 2.45) is 0 Å². The van der Waals surface area contributed by atoms with Crippen LogP contribution in [-0.4, -0.2) is 25.6 Å². The highest BCUT2D eigenvalue weighted by atomic mass is 16.5. The maximum atomic E-state index is 11.6. The summed E-state index contributed by atoms with van der Waals surface area (Å²) in [5.41, 5.74) is 2.36. The SMILES string of the molecule is COCc1ccccc1CNC1CCCNC1=O. The molecule has 0 aromatic heterocycles. The molecule has 2 rings (SSSR count). The fourth-order valence-corrected chi connectivity index (χ4v) is 2.23. The Labute approximate surface area is 108 Å². The Balaban J connectivity index is 1.94. The predicted octanol–water partition coefficient (Wildman–Crippen LogP) is 1.20. The van der Waals surface area contributed by atoms with Gasteiger partial charge in [0.05, 0.1) is 12.6 Å². The van der Waals surface area contributed by atoms with Crippen LogP contribution in [0.3, 0.4) is 0 Å². The summed E-state index contributed by atoms with van der Waals surface area (Å²) in [5.74, 6) is 0.116. The molecule has 1 aliphatic heterocycles. The second-order valence-electron chi connectivity index (χ2n) is 4.57. The van der Waals surface area contributed by atoms with Gasteiger partial charge in [-0.1, -0.05) is 24.3 Å².